The van der Waals surface area contributed by atoms with Crippen LogP contribution in [0.3, 0.4) is 0 Å². The van der Waals surface area contributed by atoms with Gasteiger partial charge in [0, 0.05) is 5.75 Å². The monoisotopic (exact) mass is 234 g/mol. The minimum atomic E-state index is 1.09. The molecule has 0 nitrogen and oxygen atoms in total. The molecule has 0 aliphatic carbocycles. The Morgan fingerprint density at radius 2 is 1.88 bits per heavy atom. The Hall–Kier alpha value is -0.690. The fourth-order valence-electron chi connectivity index (χ4n) is 1.54. The molecule has 1 aromatic carbocycles. The zero-order valence-electron chi connectivity index (χ0n) is 10.2. The summed E-state index contributed by atoms with van der Waals surface area (Å²) in [6, 6.07) is 10.6. The van der Waals surface area contributed by atoms with Crippen molar-refractivity contribution in [3.8, 4) is 0 Å². The molecule has 16 heavy (non-hydrogen) atoms. The third kappa shape index (κ3) is 6.73. The highest BCUT2D eigenvalue weighted by atomic mass is 32.2. The van der Waals surface area contributed by atoms with Crippen LogP contribution in [0.4, 0.5) is 0 Å². The topological polar surface area (TPSA) is 0 Å². The Balaban J connectivity index is 2.00. The molecule has 1 rings (SSSR count). The van der Waals surface area contributed by atoms with Crippen molar-refractivity contribution in [2.24, 2.45) is 0 Å². The Morgan fingerprint density at radius 1 is 1.06 bits per heavy atom. The van der Waals surface area contributed by atoms with Gasteiger partial charge < -0.3 is 0 Å². The normalized spacial score (nSPS) is 11.1. The summed E-state index contributed by atoms with van der Waals surface area (Å²) in [6.07, 6.45) is 8.98. The van der Waals surface area contributed by atoms with Crippen LogP contribution < -0.4 is 0 Å². The molecule has 0 spiro atoms. The first-order valence-electron chi connectivity index (χ1n) is 6.24. The number of unbranched alkanes of at least 4 members (excludes halogenated alkanes) is 4. The minimum Gasteiger partial charge on any atom is -0.130 e. The van der Waals surface area contributed by atoms with Crippen molar-refractivity contribution < 1.29 is 0 Å². The summed E-state index contributed by atoms with van der Waals surface area (Å²) >= 11 is 1.89. The predicted molar refractivity (Wildman–Crippen MR) is 75.6 cm³/mol. The predicted octanol–water partition coefficient (Wildman–Crippen LogP) is 5.40. The van der Waals surface area contributed by atoms with Crippen molar-refractivity contribution in [3.63, 3.8) is 0 Å². The second kappa shape index (κ2) is 9.53. The van der Waals surface area contributed by atoms with E-state index in [0.717, 1.165) is 5.75 Å². The standard InChI is InChI=1S/C15H22S/c1-2-3-4-5-6-10-13-16-14-15-11-8-7-9-12-15/h7-13H,2-6,14H2,1H3. The maximum absolute atomic E-state index is 2.31. The Morgan fingerprint density at radius 3 is 2.62 bits per heavy atom. The van der Waals surface area contributed by atoms with Crippen molar-refractivity contribution in [2.45, 2.75) is 44.8 Å². The number of hydrogen-bond donors (Lipinski definition) is 0. The summed E-state index contributed by atoms with van der Waals surface area (Å²) in [7, 11) is 0. The van der Waals surface area contributed by atoms with Gasteiger partial charge in [-0.25, -0.2) is 0 Å². The molecule has 0 fully saturated rings. The van der Waals surface area contributed by atoms with Crippen LogP contribution >= 0.6 is 11.8 Å². The molecule has 1 heteroatoms. The summed E-state index contributed by atoms with van der Waals surface area (Å²) < 4.78 is 0. The van der Waals surface area contributed by atoms with Crippen molar-refractivity contribution in [2.75, 3.05) is 0 Å². The first-order chi connectivity index (χ1) is 7.93. The summed E-state index contributed by atoms with van der Waals surface area (Å²) in [5.74, 6) is 1.09. The second-order valence-corrected chi connectivity index (χ2v) is 4.91. The first-order valence-corrected chi connectivity index (χ1v) is 7.29. The van der Waals surface area contributed by atoms with E-state index < -0.39 is 0 Å². The van der Waals surface area contributed by atoms with Crippen molar-refractivity contribution >= 4 is 11.8 Å². The molecule has 0 N–H and O–H groups in total. The quantitative estimate of drug-likeness (QED) is 0.542. The molecule has 0 bridgehead atoms. The van der Waals surface area contributed by atoms with Gasteiger partial charge in [-0.1, -0.05) is 62.6 Å². The lowest BCUT2D eigenvalue weighted by molar-refractivity contribution is 0.675. The zero-order chi connectivity index (χ0) is 11.5. The van der Waals surface area contributed by atoms with Crippen molar-refractivity contribution in [3.05, 3.63) is 47.4 Å². The summed E-state index contributed by atoms with van der Waals surface area (Å²) in [6.45, 7) is 2.26. The maximum atomic E-state index is 2.31. The van der Waals surface area contributed by atoms with E-state index in [1.165, 1.54) is 37.7 Å². The van der Waals surface area contributed by atoms with Gasteiger partial charge in [0.1, 0.15) is 0 Å². The Bertz CT molecular complexity index is 277. The van der Waals surface area contributed by atoms with Gasteiger partial charge in [-0.05, 0) is 23.8 Å². The van der Waals surface area contributed by atoms with Gasteiger partial charge in [0.25, 0.3) is 0 Å². The molecule has 1 aromatic rings. The smallest absolute Gasteiger partial charge is 0.0225 e. The Kier molecular flexibility index (Phi) is 7.97. The third-order valence-electron chi connectivity index (χ3n) is 2.51. The highest BCUT2D eigenvalue weighted by Gasteiger charge is 1.88. The van der Waals surface area contributed by atoms with Gasteiger partial charge in [-0.3, -0.25) is 0 Å². The molecule has 0 amide bonds. The molecule has 0 aromatic heterocycles. The van der Waals surface area contributed by atoms with E-state index in [-0.39, 0.29) is 0 Å². The first kappa shape index (κ1) is 13.4. The van der Waals surface area contributed by atoms with Gasteiger partial charge >= 0.3 is 0 Å². The fraction of sp³-hybridized carbons (Fsp3) is 0.467. The van der Waals surface area contributed by atoms with E-state index in [2.05, 4.69) is 48.7 Å². The van der Waals surface area contributed by atoms with Crippen LogP contribution in [0, 0.1) is 0 Å². The lowest BCUT2D eigenvalue weighted by Gasteiger charge is -1.97. The van der Waals surface area contributed by atoms with Crippen molar-refractivity contribution in [1.29, 1.82) is 0 Å². The zero-order valence-corrected chi connectivity index (χ0v) is 11.0. The van der Waals surface area contributed by atoms with Crippen LogP contribution in [-0.4, -0.2) is 0 Å². The SMILES string of the molecule is CCCCCCC=CSCc1ccccc1. The van der Waals surface area contributed by atoms with Crippen LogP contribution in [0.2, 0.25) is 0 Å². The average molecular weight is 234 g/mol. The van der Waals surface area contributed by atoms with E-state index >= 15 is 0 Å². The molecular weight excluding hydrogens is 212 g/mol. The molecule has 88 valence electrons. The maximum Gasteiger partial charge on any atom is 0.0225 e. The highest BCUT2D eigenvalue weighted by molar-refractivity contribution is 8.01. The average Bonchev–Trinajstić information content (AvgIpc) is 2.34. The van der Waals surface area contributed by atoms with E-state index in [0.29, 0.717) is 0 Å². The van der Waals surface area contributed by atoms with Gasteiger partial charge in [-0.15, -0.1) is 11.8 Å². The number of allylic oxidation sites excluding steroid dienone is 1. The molecular formula is C15H22S. The largest absolute Gasteiger partial charge is 0.130 e. The summed E-state index contributed by atoms with van der Waals surface area (Å²) in [4.78, 5) is 0. The third-order valence-corrected chi connectivity index (χ3v) is 3.39. The number of benzene rings is 1. The minimum absolute atomic E-state index is 1.09. The molecule has 0 heterocycles. The van der Waals surface area contributed by atoms with Crippen LogP contribution in [0.25, 0.3) is 0 Å². The van der Waals surface area contributed by atoms with E-state index in [9.17, 15) is 0 Å². The van der Waals surface area contributed by atoms with Gasteiger partial charge in [-0.2, -0.15) is 0 Å². The van der Waals surface area contributed by atoms with Crippen LogP contribution in [0.1, 0.15) is 44.6 Å². The van der Waals surface area contributed by atoms with Gasteiger partial charge in [0.05, 0.1) is 0 Å². The number of rotatable bonds is 8. The highest BCUT2D eigenvalue weighted by Crippen LogP contribution is 2.13. The van der Waals surface area contributed by atoms with E-state index in [1.807, 2.05) is 11.8 Å². The van der Waals surface area contributed by atoms with Crippen molar-refractivity contribution in [1.82, 2.24) is 0 Å². The lowest BCUT2D eigenvalue weighted by atomic mass is 10.2. The van der Waals surface area contributed by atoms with Crippen LogP contribution in [0.5, 0.6) is 0 Å². The van der Waals surface area contributed by atoms with Gasteiger partial charge in [0.15, 0.2) is 0 Å². The molecule has 0 saturated carbocycles. The molecule has 0 unspecified atom stereocenters. The number of hydrogen-bond acceptors (Lipinski definition) is 1. The van der Waals surface area contributed by atoms with E-state index in [4.69, 9.17) is 0 Å². The summed E-state index contributed by atoms with van der Waals surface area (Å²) in [5, 5.41) is 2.25. The molecule has 0 saturated heterocycles. The van der Waals surface area contributed by atoms with Crippen LogP contribution in [-0.2, 0) is 5.75 Å². The lowest BCUT2D eigenvalue weighted by Crippen LogP contribution is -1.76. The molecule has 0 aliphatic heterocycles. The van der Waals surface area contributed by atoms with E-state index in [1.54, 1.807) is 0 Å². The summed E-state index contributed by atoms with van der Waals surface area (Å²) in [5.41, 5.74) is 1.41. The Labute approximate surface area is 104 Å². The molecule has 0 atom stereocenters. The molecule has 0 radical (unpaired) electrons. The van der Waals surface area contributed by atoms with Gasteiger partial charge in [0.2, 0.25) is 0 Å². The molecule has 0 aliphatic rings. The van der Waals surface area contributed by atoms with Crippen LogP contribution in [0.15, 0.2) is 41.8 Å². The fourth-order valence-corrected chi connectivity index (χ4v) is 2.30. The second-order valence-electron chi connectivity index (χ2n) is 4.02. The number of thioether (sulfide) groups is 1.